The zero-order chi connectivity index (χ0) is 14.9. The van der Waals surface area contributed by atoms with Crippen LogP contribution in [-0.4, -0.2) is 19.8 Å². The average molecular weight is 294 g/mol. The van der Waals surface area contributed by atoms with Crippen LogP contribution in [0.3, 0.4) is 0 Å². The van der Waals surface area contributed by atoms with Crippen molar-refractivity contribution in [3.63, 3.8) is 0 Å². The number of unbranched alkanes of at least 4 members (excludes halogenated alkanes) is 1. The summed E-state index contributed by atoms with van der Waals surface area (Å²) in [5.74, 6) is 0.349. The maximum atomic E-state index is 12.3. The van der Waals surface area contributed by atoms with Gasteiger partial charge < -0.3 is 0 Å². The fraction of sp³-hybridized carbons (Fsp3) is 1.00. The van der Waals surface area contributed by atoms with Crippen molar-refractivity contribution in [2.45, 2.75) is 60.8 Å². The highest BCUT2D eigenvalue weighted by Gasteiger charge is 2.31. The third kappa shape index (κ3) is 8.09. The summed E-state index contributed by atoms with van der Waals surface area (Å²) in [6, 6.07) is 0. The molecule has 4 nitrogen and oxygen atoms in total. The first kappa shape index (κ1) is 19.1. The molecule has 0 spiro atoms. The predicted molar refractivity (Wildman–Crippen MR) is 79.3 cm³/mol. The molecule has 0 radical (unpaired) electrons. The maximum Gasteiger partial charge on any atom is 0.474 e. The van der Waals surface area contributed by atoms with Crippen molar-refractivity contribution in [3.8, 4) is 0 Å². The molecule has 0 aliphatic heterocycles. The van der Waals surface area contributed by atoms with Crippen molar-refractivity contribution in [2.75, 3.05) is 19.8 Å². The summed E-state index contributed by atoms with van der Waals surface area (Å²) in [6.45, 7) is 13.4. The van der Waals surface area contributed by atoms with Gasteiger partial charge in [0.2, 0.25) is 0 Å². The van der Waals surface area contributed by atoms with E-state index >= 15 is 0 Å². The highest BCUT2D eigenvalue weighted by atomic mass is 31.2. The Hall–Kier alpha value is 0.110. The van der Waals surface area contributed by atoms with Crippen LogP contribution in [0, 0.1) is 11.3 Å². The average Bonchev–Trinajstić information content (AvgIpc) is 2.28. The van der Waals surface area contributed by atoms with Gasteiger partial charge in [0.15, 0.2) is 0 Å². The van der Waals surface area contributed by atoms with Crippen LogP contribution < -0.4 is 0 Å². The molecule has 0 aliphatic carbocycles. The smallest absolute Gasteiger partial charge is 0.287 e. The van der Waals surface area contributed by atoms with Gasteiger partial charge in [0.1, 0.15) is 0 Å². The molecule has 0 amide bonds. The van der Waals surface area contributed by atoms with E-state index in [0.29, 0.717) is 25.7 Å². The van der Waals surface area contributed by atoms with Crippen molar-refractivity contribution >= 4 is 7.82 Å². The van der Waals surface area contributed by atoms with Crippen LogP contribution in [0.2, 0.25) is 0 Å². The van der Waals surface area contributed by atoms with Crippen LogP contribution >= 0.6 is 7.82 Å². The van der Waals surface area contributed by atoms with E-state index in [4.69, 9.17) is 13.6 Å². The second-order valence-electron chi connectivity index (χ2n) is 5.78. The van der Waals surface area contributed by atoms with Gasteiger partial charge in [-0.3, -0.25) is 13.6 Å². The van der Waals surface area contributed by atoms with Gasteiger partial charge >= 0.3 is 7.82 Å². The van der Waals surface area contributed by atoms with Crippen LogP contribution in [0.15, 0.2) is 0 Å². The number of hydrogen-bond donors (Lipinski definition) is 0. The minimum absolute atomic E-state index is 0.123. The zero-order valence-corrected chi connectivity index (χ0v) is 14.3. The molecule has 0 aromatic rings. The summed E-state index contributed by atoms with van der Waals surface area (Å²) < 4.78 is 28.1. The van der Waals surface area contributed by atoms with Gasteiger partial charge in [-0.2, -0.15) is 0 Å². The molecular weight excluding hydrogens is 263 g/mol. The summed E-state index contributed by atoms with van der Waals surface area (Å²) in [5, 5.41) is 0. The Balaban J connectivity index is 4.53. The number of phosphoric acid groups is 1. The Morgan fingerprint density at radius 3 is 1.89 bits per heavy atom. The van der Waals surface area contributed by atoms with Crippen molar-refractivity contribution in [1.82, 2.24) is 0 Å². The molecule has 0 aromatic heterocycles. The lowest BCUT2D eigenvalue weighted by molar-refractivity contribution is 0.0753. The molecule has 0 rings (SSSR count). The van der Waals surface area contributed by atoms with E-state index in [9.17, 15) is 4.57 Å². The number of rotatable bonds is 10. The third-order valence-corrected chi connectivity index (χ3v) is 4.75. The summed E-state index contributed by atoms with van der Waals surface area (Å²) >= 11 is 0. The van der Waals surface area contributed by atoms with Gasteiger partial charge in [-0.05, 0) is 31.6 Å². The second kappa shape index (κ2) is 9.12. The van der Waals surface area contributed by atoms with E-state index < -0.39 is 7.82 Å². The molecule has 0 bridgehead atoms. The molecule has 5 heteroatoms. The van der Waals surface area contributed by atoms with Gasteiger partial charge in [-0.25, -0.2) is 4.57 Å². The SMILES string of the molecule is CCCCC(COP(=O)(OCC)OCC)C(C)(C)C. The lowest BCUT2D eigenvalue weighted by Crippen LogP contribution is -2.25. The van der Waals surface area contributed by atoms with Gasteiger partial charge in [0.05, 0.1) is 19.8 Å². The summed E-state index contributed by atoms with van der Waals surface area (Å²) in [6.07, 6.45) is 3.37. The Morgan fingerprint density at radius 1 is 1.00 bits per heavy atom. The first-order valence-corrected chi connectivity index (χ1v) is 8.78. The molecular formula is C14H31O4P. The Morgan fingerprint density at radius 2 is 1.53 bits per heavy atom. The van der Waals surface area contributed by atoms with Crippen molar-refractivity contribution in [3.05, 3.63) is 0 Å². The molecule has 0 heterocycles. The van der Waals surface area contributed by atoms with E-state index in [1.807, 2.05) is 0 Å². The molecule has 0 saturated heterocycles. The number of hydrogen-bond acceptors (Lipinski definition) is 4. The molecule has 0 fully saturated rings. The summed E-state index contributed by atoms with van der Waals surface area (Å²) in [5.41, 5.74) is 0.123. The molecule has 0 saturated carbocycles. The Labute approximate surface area is 118 Å². The maximum absolute atomic E-state index is 12.3. The van der Waals surface area contributed by atoms with Gasteiger partial charge in [-0.15, -0.1) is 0 Å². The fourth-order valence-electron chi connectivity index (χ4n) is 1.83. The summed E-state index contributed by atoms with van der Waals surface area (Å²) in [7, 11) is -3.37. The topological polar surface area (TPSA) is 44.8 Å². The normalized spacial score (nSPS) is 14.6. The van der Waals surface area contributed by atoms with Gasteiger partial charge in [-0.1, -0.05) is 40.5 Å². The fourth-order valence-corrected chi connectivity index (χ4v) is 3.04. The van der Waals surface area contributed by atoms with E-state index in [-0.39, 0.29) is 5.41 Å². The molecule has 0 aromatic carbocycles. The molecule has 116 valence electrons. The zero-order valence-electron chi connectivity index (χ0n) is 13.4. The van der Waals surface area contributed by atoms with Crippen LogP contribution in [0.5, 0.6) is 0 Å². The monoisotopic (exact) mass is 294 g/mol. The van der Waals surface area contributed by atoms with E-state index in [2.05, 4.69) is 27.7 Å². The van der Waals surface area contributed by atoms with Crippen molar-refractivity contribution < 1.29 is 18.1 Å². The van der Waals surface area contributed by atoms with Crippen LogP contribution in [0.4, 0.5) is 0 Å². The predicted octanol–water partition coefficient (Wildman–Crippen LogP) is 5.04. The van der Waals surface area contributed by atoms with Crippen LogP contribution in [0.25, 0.3) is 0 Å². The highest BCUT2D eigenvalue weighted by molar-refractivity contribution is 7.48. The van der Waals surface area contributed by atoms with Crippen molar-refractivity contribution in [1.29, 1.82) is 0 Å². The summed E-state index contributed by atoms with van der Waals surface area (Å²) in [4.78, 5) is 0. The molecule has 1 unspecified atom stereocenters. The van der Waals surface area contributed by atoms with Crippen LogP contribution in [0.1, 0.15) is 60.8 Å². The lowest BCUT2D eigenvalue weighted by Gasteiger charge is -2.31. The largest absolute Gasteiger partial charge is 0.474 e. The van der Waals surface area contributed by atoms with E-state index in [1.54, 1.807) is 13.8 Å². The minimum atomic E-state index is -3.37. The Bertz CT molecular complexity index is 263. The van der Waals surface area contributed by atoms with E-state index in [0.717, 1.165) is 19.3 Å². The quantitative estimate of drug-likeness (QED) is 0.530. The minimum Gasteiger partial charge on any atom is -0.287 e. The molecule has 0 N–H and O–H groups in total. The number of phosphoric ester groups is 1. The highest BCUT2D eigenvalue weighted by Crippen LogP contribution is 2.50. The van der Waals surface area contributed by atoms with E-state index in [1.165, 1.54) is 0 Å². The molecule has 0 aliphatic rings. The first-order valence-electron chi connectivity index (χ1n) is 7.32. The third-order valence-electron chi connectivity index (χ3n) is 3.14. The molecule has 1 atom stereocenters. The standard InChI is InChI=1S/C14H31O4P/c1-7-10-11-13(14(4,5)6)12-18-19(15,16-8-2)17-9-3/h13H,7-12H2,1-6H3. The molecule has 19 heavy (non-hydrogen) atoms. The van der Waals surface area contributed by atoms with Crippen LogP contribution in [-0.2, 0) is 18.1 Å². The first-order chi connectivity index (χ1) is 8.79. The second-order valence-corrected chi connectivity index (χ2v) is 7.45. The Kier molecular flexibility index (Phi) is 9.17. The van der Waals surface area contributed by atoms with Crippen molar-refractivity contribution in [2.24, 2.45) is 11.3 Å². The van der Waals surface area contributed by atoms with Gasteiger partial charge in [0, 0.05) is 0 Å². The lowest BCUT2D eigenvalue weighted by atomic mass is 9.78. The van der Waals surface area contributed by atoms with Gasteiger partial charge in [0.25, 0.3) is 0 Å².